The van der Waals surface area contributed by atoms with E-state index in [4.69, 9.17) is 0 Å². The zero-order valence-electron chi connectivity index (χ0n) is 11.4. The Morgan fingerprint density at radius 2 is 1.67 bits per heavy atom. The number of carbonyl (C=O) groups is 5. The Kier molecular flexibility index (Phi) is 2.74. The number of aldehydes is 4. The third-order valence-corrected chi connectivity index (χ3v) is 6.31. The topological polar surface area (TPSA) is 106 Å². The van der Waals surface area contributed by atoms with Crippen molar-refractivity contribution in [3.05, 3.63) is 0 Å². The van der Waals surface area contributed by atoms with Gasteiger partial charge in [0.1, 0.15) is 30.6 Å². The van der Waals surface area contributed by atoms with Gasteiger partial charge in [-0.3, -0.25) is 4.79 Å². The average molecular weight is 292 g/mol. The lowest BCUT2D eigenvalue weighted by atomic mass is 9.31. The molecule has 4 aliphatic rings. The van der Waals surface area contributed by atoms with E-state index in [2.05, 4.69) is 0 Å². The third kappa shape index (κ3) is 1.23. The van der Waals surface area contributed by atoms with Gasteiger partial charge in [-0.2, -0.15) is 0 Å². The molecule has 0 radical (unpaired) electrons. The van der Waals surface area contributed by atoms with Gasteiger partial charge in [0.05, 0.1) is 10.8 Å². The minimum atomic E-state index is -1.94. The van der Waals surface area contributed by atoms with E-state index < -0.39 is 28.1 Å². The standard InChI is InChI=1S/C15H16O6/c16-5-11-10-1-9-2-13(4-10,12(20)21)15(7-18,8-19)14(11,3-9)6-17/h5-11H,1-4H2,(H,20,21). The van der Waals surface area contributed by atoms with Crippen LogP contribution in [0.3, 0.4) is 0 Å². The predicted molar refractivity (Wildman–Crippen MR) is 68.1 cm³/mol. The van der Waals surface area contributed by atoms with Crippen LogP contribution in [0.15, 0.2) is 0 Å². The third-order valence-electron chi connectivity index (χ3n) is 6.31. The van der Waals surface area contributed by atoms with E-state index in [1.54, 1.807) is 0 Å². The van der Waals surface area contributed by atoms with Crippen molar-refractivity contribution in [1.29, 1.82) is 0 Å². The van der Waals surface area contributed by atoms with E-state index in [0.717, 1.165) is 0 Å². The molecule has 6 heteroatoms. The van der Waals surface area contributed by atoms with Crippen LogP contribution in [0.4, 0.5) is 0 Å². The van der Waals surface area contributed by atoms with E-state index in [9.17, 15) is 29.1 Å². The van der Waals surface area contributed by atoms with Crippen LogP contribution in [0.25, 0.3) is 0 Å². The van der Waals surface area contributed by atoms with Gasteiger partial charge in [0.15, 0.2) is 0 Å². The number of carboxylic acid groups (broad SMARTS) is 1. The summed E-state index contributed by atoms with van der Waals surface area (Å²) < 4.78 is 0. The largest absolute Gasteiger partial charge is 0.481 e. The first-order chi connectivity index (χ1) is 9.96. The maximum Gasteiger partial charge on any atom is 0.311 e. The lowest BCUT2D eigenvalue weighted by Crippen LogP contribution is -2.73. The van der Waals surface area contributed by atoms with Crippen LogP contribution in [0.5, 0.6) is 0 Å². The first kappa shape index (κ1) is 14.1. The molecule has 4 fully saturated rings. The highest BCUT2D eigenvalue weighted by Crippen LogP contribution is 2.73. The Morgan fingerprint density at radius 1 is 1.00 bits per heavy atom. The number of hydrogen-bond acceptors (Lipinski definition) is 5. The molecule has 0 spiro atoms. The summed E-state index contributed by atoms with van der Waals surface area (Å²) in [5, 5.41) is 9.72. The molecule has 5 atom stereocenters. The minimum Gasteiger partial charge on any atom is -0.481 e. The highest BCUT2D eigenvalue weighted by molar-refractivity contribution is 6.00. The molecule has 0 aromatic rings. The monoisotopic (exact) mass is 292 g/mol. The summed E-state index contributed by atoms with van der Waals surface area (Å²) in [6.07, 6.45) is 3.02. The molecule has 0 heterocycles. The van der Waals surface area contributed by atoms with E-state index in [0.29, 0.717) is 31.6 Å². The Morgan fingerprint density at radius 3 is 2.14 bits per heavy atom. The van der Waals surface area contributed by atoms with Crippen molar-refractivity contribution >= 4 is 31.1 Å². The molecule has 1 N–H and O–H groups in total. The Hall–Kier alpha value is -1.85. The summed E-state index contributed by atoms with van der Waals surface area (Å²) in [4.78, 5) is 58.9. The Bertz CT molecular complexity index is 546. The SMILES string of the molecule is O=CC1C2CC3CC(C(=O)O)(C2)C(C=O)(C=O)C1(C=O)C3. The second kappa shape index (κ2) is 4.08. The quantitative estimate of drug-likeness (QED) is 0.576. The number of rotatable bonds is 5. The van der Waals surface area contributed by atoms with Crippen LogP contribution >= 0.6 is 0 Å². The van der Waals surface area contributed by atoms with Crippen molar-refractivity contribution in [2.75, 3.05) is 0 Å². The molecular weight excluding hydrogens is 276 g/mol. The zero-order valence-corrected chi connectivity index (χ0v) is 11.4. The minimum absolute atomic E-state index is 0.0331. The second-order valence-electron chi connectivity index (χ2n) is 6.79. The lowest BCUT2D eigenvalue weighted by molar-refractivity contribution is -0.228. The maximum absolute atomic E-state index is 11.9. The summed E-state index contributed by atoms with van der Waals surface area (Å²) in [5.41, 5.74) is -4.99. The molecule has 4 rings (SSSR count). The van der Waals surface area contributed by atoms with Gasteiger partial charge < -0.3 is 24.3 Å². The van der Waals surface area contributed by atoms with Crippen LogP contribution in [-0.4, -0.2) is 36.2 Å². The van der Waals surface area contributed by atoms with Crippen molar-refractivity contribution in [3.8, 4) is 0 Å². The van der Waals surface area contributed by atoms with Gasteiger partial charge in [-0.15, -0.1) is 0 Å². The number of hydrogen-bond donors (Lipinski definition) is 1. The fourth-order valence-corrected chi connectivity index (χ4v) is 5.59. The van der Waals surface area contributed by atoms with Gasteiger partial charge >= 0.3 is 5.97 Å². The molecule has 0 aromatic carbocycles. The van der Waals surface area contributed by atoms with E-state index in [-0.39, 0.29) is 31.1 Å². The number of carboxylic acids is 1. The molecule has 0 aliphatic heterocycles. The molecule has 4 aliphatic carbocycles. The number of carbonyl (C=O) groups excluding carboxylic acids is 4. The second-order valence-corrected chi connectivity index (χ2v) is 6.79. The van der Waals surface area contributed by atoms with Crippen LogP contribution in [0.1, 0.15) is 25.7 Å². The zero-order chi connectivity index (χ0) is 15.5. The van der Waals surface area contributed by atoms with Crippen LogP contribution in [0.2, 0.25) is 0 Å². The Balaban J connectivity index is 2.34. The summed E-state index contributed by atoms with van der Waals surface area (Å²) in [6, 6.07) is 0. The molecular formula is C15H16O6. The molecule has 21 heavy (non-hydrogen) atoms. The molecule has 0 saturated heterocycles. The predicted octanol–water partition coefficient (Wildman–Crippen LogP) is 0.276. The van der Waals surface area contributed by atoms with Gasteiger partial charge in [0.2, 0.25) is 0 Å². The first-order valence-corrected chi connectivity index (χ1v) is 7.04. The summed E-state index contributed by atoms with van der Waals surface area (Å²) >= 11 is 0. The van der Waals surface area contributed by atoms with Crippen molar-refractivity contribution in [1.82, 2.24) is 0 Å². The normalized spacial score (nSPS) is 45.8. The van der Waals surface area contributed by atoms with Gasteiger partial charge in [0.25, 0.3) is 0 Å². The van der Waals surface area contributed by atoms with Crippen LogP contribution in [-0.2, 0) is 24.0 Å². The summed E-state index contributed by atoms with van der Waals surface area (Å²) in [5.74, 6) is -2.25. The van der Waals surface area contributed by atoms with Gasteiger partial charge in [-0.05, 0) is 37.5 Å². The van der Waals surface area contributed by atoms with Crippen molar-refractivity contribution in [3.63, 3.8) is 0 Å². The molecule has 0 amide bonds. The van der Waals surface area contributed by atoms with Crippen LogP contribution < -0.4 is 0 Å². The molecule has 4 bridgehead atoms. The van der Waals surface area contributed by atoms with Crippen LogP contribution in [0, 0.1) is 34.0 Å². The molecule has 0 aromatic heterocycles. The highest BCUT2D eigenvalue weighted by Gasteiger charge is 2.78. The van der Waals surface area contributed by atoms with Gasteiger partial charge in [-0.1, -0.05) is 0 Å². The molecule has 6 nitrogen and oxygen atoms in total. The fraction of sp³-hybridized carbons (Fsp3) is 0.667. The van der Waals surface area contributed by atoms with E-state index >= 15 is 0 Å². The summed E-state index contributed by atoms with van der Waals surface area (Å²) in [7, 11) is 0. The van der Waals surface area contributed by atoms with Crippen molar-refractivity contribution in [2.24, 2.45) is 34.0 Å². The molecule has 5 unspecified atom stereocenters. The Labute approximate surface area is 120 Å². The summed E-state index contributed by atoms with van der Waals surface area (Å²) in [6.45, 7) is 0. The maximum atomic E-state index is 11.9. The lowest BCUT2D eigenvalue weighted by Gasteiger charge is -2.67. The van der Waals surface area contributed by atoms with E-state index in [1.165, 1.54) is 0 Å². The first-order valence-electron chi connectivity index (χ1n) is 7.04. The number of aliphatic carboxylic acids is 1. The fourth-order valence-electron chi connectivity index (χ4n) is 5.59. The van der Waals surface area contributed by atoms with E-state index in [1.807, 2.05) is 0 Å². The van der Waals surface area contributed by atoms with Gasteiger partial charge in [-0.25, -0.2) is 0 Å². The molecule has 112 valence electrons. The van der Waals surface area contributed by atoms with Crippen molar-refractivity contribution in [2.45, 2.75) is 25.7 Å². The van der Waals surface area contributed by atoms with Crippen molar-refractivity contribution < 1.29 is 29.1 Å². The molecule has 4 saturated carbocycles. The smallest absolute Gasteiger partial charge is 0.311 e. The average Bonchev–Trinajstić information content (AvgIpc) is 2.47. The van der Waals surface area contributed by atoms with Gasteiger partial charge in [0, 0.05) is 5.92 Å². The highest BCUT2D eigenvalue weighted by atomic mass is 16.4.